The fraction of sp³-hybridized carbons (Fsp3) is 0.162. The third kappa shape index (κ3) is 6.28. The number of rotatable bonds is 8. The van der Waals surface area contributed by atoms with Crippen LogP contribution in [0.25, 0.3) is 38.9 Å². The fourth-order valence-corrected chi connectivity index (χ4v) is 6.21. The normalized spacial score (nSPS) is 13.6. The standard InChI is InChI=1S/C37H29F2N3O9/c38-21-3-5-22(6-4-21)42-19-26(37(48)49)33(45)25-17-27(39)29(18-28(25)42)41-11-9-40(10-12-41)13-14-50-24-15-30(44)32-31(16-24)51-36(35(47)34(32)46)20-1-7-23(43)8-2-20/h1-8,15-19,43-44,47H,9-14H2,(H,48,49). The number of benzene rings is 4. The summed E-state index contributed by atoms with van der Waals surface area (Å²) in [4.78, 5) is 41.6. The van der Waals surface area contributed by atoms with Crippen LogP contribution in [0.5, 0.6) is 23.0 Å². The Labute approximate surface area is 286 Å². The first-order valence-corrected chi connectivity index (χ1v) is 15.8. The van der Waals surface area contributed by atoms with Crippen molar-refractivity contribution in [1.29, 1.82) is 0 Å². The molecule has 1 aliphatic heterocycles. The average Bonchev–Trinajstić information content (AvgIpc) is 3.11. The number of ether oxygens (including phenoxy) is 1. The number of pyridine rings is 1. The summed E-state index contributed by atoms with van der Waals surface area (Å²) < 4.78 is 42.3. The highest BCUT2D eigenvalue weighted by molar-refractivity contribution is 5.94. The number of hydrogen-bond donors (Lipinski definition) is 4. The summed E-state index contributed by atoms with van der Waals surface area (Å²) in [6, 6.07) is 16.2. The molecule has 7 rings (SSSR count). The molecule has 4 N–H and O–H groups in total. The summed E-state index contributed by atoms with van der Waals surface area (Å²) in [5.74, 6) is -3.68. The lowest BCUT2D eigenvalue weighted by Crippen LogP contribution is -2.47. The van der Waals surface area contributed by atoms with Crippen molar-refractivity contribution in [3.63, 3.8) is 0 Å². The molecule has 0 atom stereocenters. The second-order valence-corrected chi connectivity index (χ2v) is 12.0. The third-order valence-electron chi connectivity index (χ3n) is 8.85. The number of halogens is 2. The molecule has 1 fully saturated rings. The van der Waals surface area contributed by atoms with Gasteiger partial charge in [-0.15, -0.1) is 0 Å². The van der Waals surface area contributed by atoms with E-state index in [9.17, 15) is 39.2 Å². The summed E-state index contributed by atoms with van der Waals surface area (Å²) in [7, 11) is 0. The van der Waals surface area contributed by atoms with E-state index < -0.39 is 45.5 Å². The lowest BCUT2D eigenvalue weighted by molar-refractivity contribution is 0.0695. The van der Waals surface area contributed by atoms with Crippen molar-refractivity contribution in [3.8, 4) is 40.0 Å². The molecule has 0 spiro atoms. The van der Waals surface area contributed by atoms with E-state index in [-0.39, 0.29) is 51.4 Å². The van der Waals surface area contributed by atoms with Crippen LogP contribution in [0.3, 0.4) is 0 Å². The first-order chi connectivity index (χ1) is 24.5. The quantitative estimate of drug-likeness (QED) is 0.168. The number of aromatic carboxylic acids is 1. The zero-order chi connectivity index (χ0) is 36.0. The van der Waals surface area contributed by atoms with Gasteiger partial charge in [0.15, 0.2) is 5.76 Å². The number of aromatic nitrogens is 1. The topological polar surface area (TPSA) is 166 Å². The molecule has 0 aliphatic carbocycles. The Kier molecular flexibility index (Phi) is 8.53. The number of anilines is 1. The molecule has 0 radical (unpaired) electrons. The molecule has 4 aromatic carbocycles. The summed E-state index contributed by atoms with van der Waals surface area (Å²) >= 11 is 0. The number of carbonyl (C=O) groups is 1. The summed E-state index contributed by atoms with van der Waals surface area (Å²) in [6.07, 6.45) is 1.15. The molecule has 0 saturated carbocycles. The Morgan fingerprint density at radius 2 is 1.57 bits per heavy atom. The zero-order valence-electron chi connectivity index (χ0n) is 26.7. The molecular weight excluding hydrogens is 668 g/mol. The molecule has 260 valence electrons. The summed E-state index contributed by atoms with van der Waals surface area (Å²) in [6.45, 7) is 2.54. The smallest absolute Gasteiger partial charge is 0.341 e. The maximum atomic E-state index is 15.5. The van der Waals surface area contributed by atoms with Crippen LogP contribution in [0, 0.1) is 11.6 Å². The van der Waals surface area contributed by atoms with Gasteiger partial charge in [-0.1, -0.05) is 0 Å². The predicted molar refractivity (Wildman–Crippen MR) is 183 cm³/mol. The molecule has 0 unspecified atom stereocenters. The van der Waals surface area contributed by atoms with Crippen LogP contribution < -0.4 is 20.5 Å². The third-order valence-corrected chi connectivity index (χ3v) is 8.85. The number of piperazine rings is 1. The molecule has 3 heterocycles. The van der Waals surface area contributed by atoms with Crippen LogP contribution >= 0.6 is 0 Å². The maximum Gasteiger partial charge on any atom is 0.341 e. The number of nitrogens with zero attached hydrogens (tertiary/aromatic N) is 3. The lowest BCUT2D eigenvalue weighted by Gasteiger charge is -2.36. The minimum absolute atomic E-state index is 0.00839. The van der Waals surface area contributed by atoms with Crippen LogP contribution in [-0.4, -0.2) is 75.2 Å². The Hall–Kier alpha value is -6.41. The number of phenols is 2. The van der Waals surface area contributed by atoms with Crippen LogP contribution in [-0.2, 0) is 0 Å². The van der Waals surface area contributed by atoms with Gasteiger partial charge >= 0.3 is 5.97 Å². The van der Waals surface area contributed by atoms with Gasteiger partial charge in [-0.2, -0.15) is 0 Å². The number of fused-ring (bicyclic) bond motifs is 2. The highest BCUT2D eigenvalue weighted by Crippen LogP contribution is 2.36. The molecule has 1 saturated heterocycles. The molecule has 51 heavy (non-hydrogen) atoms. The van der Waals surface area contributed by atoms with Crippen LogP contribution in [0.2, 0.25) is 0 Å². The van der Waals surface area contributed by atoms with Gasteiger partial charge in [-0.05, 0) is 60.7 Å². The van der Waals surface area contributed by atoms with Crippen LogP contribution in [0.1, 0.15) is 10.4 Å². The van der Waals surface area contributed by atoms with E-state index in [2.05, 4.69) is 4.90 Å². The van der Waals surface area contributed by atoms with Crippen molar-refractivity contribution in [3.05, 3.63) is 117 Å². The maximum absolute atomic E-state index is 15.5. The molecule has 12 nitrogen and oxygen atoms in total. The number of hydrogen-bond acceptors (Lipinski definition) is 10. The Morgan fingerprint density at radius 1 is 0.863 bits per heavy atom. The van der Waals surface area contributed by atoms with E-state index in [0.717, 1.165) is 12.3 Å². The lowest BCUT2D eigenvalue weighted by atomic mass is 10.1. The van der Waals surface area contributed by atoms with E-state index in [1.54, 1.807) is 0 Å². The van der Waals surface area contributed by atoms with Gasteiger partial charge in [-0.3, -0.25) is 14.5 Å². The number of carboxylic acids is 1. The molecule has 0 bridgehead atoms. The second-order valence-electron chi connectivity index (χ2n) is 12.0. The van der Waals surface area contributed by atoms with E-state index in [0.29, 0.717) is 44.0 Å². The largest absolute Gasteiger partial charge is 0.508 e. The van der Waals surface area contributed by atoms with E-state index >= 15 is 4.39 Å². The van der Waals surface area contributed by atoms with Gasteiger partial charge in [0.1, 0.15) is 52.0 Å². The van der Waals surface area contributed by atoms with Crippen LogP contribution in [0.4, 0.5) is 14.5 Å². The molecular formula is C37H29F2N3O9. The molecule has 0 amide bonds. The number of carboxylic acid groups (broad SMARTS) is 1. The monoisotopic (exact) mass is 697 g/mol. The van der Waals surface area contributed by atoms with E-state index in [1.165, 1.54) is 71.3 Å². The predicted octanol–water partition coefficient (Wildman–Crippen LogP) is 5.06. The second kappa shape index (κ2) is 13.1. The van der Waals surface area contributed by atoms with Crippen LogP contribution in [0.15, 0.2) is 93.0 Å². The van der Waals surface area contributed by atoms with Gasteiger partial charge in [0.05, 0.1) is 11.2 Å². The highest BCUT2D eigenvalue weighted by atomic mass is 19.1. The van der Waals surface area contributed by atoms with Gasteiger partial charge in [0.25, 0.3) is 0 Å². The summed E-state index contributed by atoms with van der Waals surface area (Å²) in [5, 5.41) is 39.9. The van der Waals surface area contributed by atoms with Gasteiger partial charge in [-0.25, -0.2) is 13.6 Å². The molecule has 6 aromatic rings. The fourth-order valence-electron chi connectivity index (χ4n) is 6.21. The number of aromatic hydroxyl groups is 3. The first-order valence-electron chi connectivity index (χ1n) is 15.8. The van der Waals surface area contributed by atoms with E-state index in [4.69, 9.17) is 9.15 Å². The number of phenolic OH excluding ortho intramolecular Hbond substituents is 2. The Morgan fingerprint density at radius 3 is 2.25 bits per heavy atom. The molecule has 14 heteroatoms. The van der Waals surface area contributed by atoms with Crippen molar-refractivity contribution >= 4 is 33.5 Å². The van der Waals surface area contributed by atoms with E-state index in [1.807, 2.05) is 4.90 Å². The van der Waals surface area contributed by atoms with Crippen molar-refractivity contribution in [2.24, 2.45) is 0 Å². The van der Waals surface area contributed by atoms with Crippen molar-refractivity contribution in [2.45, 2.75) is 0 Å². The van der Waals surface area contributed by atoms with Gasteiger partial charge in [0, 0.05) is 67.7 Å². The van der Waals surface area contributed by atoms with Gasteiger partial charge < -0.3 is 39.0 Å². The first kappa shape index (κ1) is 33.1. The summed E-state index contributed by atoms with van der Waals surface area (Å²) in [5.41, 5.74) is -0.984. The Balaban J connectivity index is 1.06. The Bertz CT molecular complexity index is 2440. The molecule has 2 aromatic heterocycles. The molecule has 1 aliphatic rings. The minimum Gasteiger partial charge on any atom is -0.508 e. The zero-order valence-corrected chi connectivity index (χ0v) is 26.7. The average molecular weight is 698 g/mol. The van der Waals surface area contributed by atoms with Gasteiger partial charge in [0.2, 0.25) is 16.6 Å². The van der Waals surface area contributed by atoms with Crippen molar-refractivity contribution in [2.75, 3.05) is 44.2 Å². The SMILES string of the molecule is O=C(O)c1cn(-c2ccc(F)cc2)c2cc(N3CCN(CCOc4cc(O)c5c(=O)c(O)c(-c6ccc(O)cc6)oc5c4)CC3)c(F)cc2c1=O. The highest BCUT2D eigenvalue weighted by Gasteiger charge is 2.24. The van der Waals surface area contributed by atoms with Crippen molar-refractivity contribution < 1.29 is 43.2 Å². The minimum atomic E-state index is -1.47. The van der Waals surface area contributed by atoms with Crippen molar-refractivity contribution in [1.82, 2.24) is 9.47 Å².